The molecule has 0 radical (unpaired) electrons. The molecular formula is C22H36ClFN4. The van der Waals surface area contributed by atoms with Gasteiger partial charge in [-0.3, -0.25) is 4.99 Å². The molecule has 28 heavy (non-hydrogen) atoms. The van der Waals surface area contributed by atoms with Crippen LogP contribution in [0.5, 0.6) is 0 Å². The van der Waals surface area contributed by atoms with E-state index in [2.05, 4.69) is 47.9 Å². The Kier molecular flexibility index (Phi) is 16.4. The Labute approximate surface area is 175 Å². The lowest BCUT2D eigenvalue weighted by Gasteiger charge is -2.16. The molecule has 1 atom stereocenters. The number of hydrogen-bond acceptors (Lipinski definition) is 4. The maximum atomic E-state index is 12.7. The van der Waals surface area contributed by atoms with Gasteiger partial charge in [-0.25, -0.2) is 0 Å². The summed E-state index contributed by atoms with van der Waals surface area (Å²) < 4.78 is 12.7. The van der Waals surface area contributed by atoms with Crippen molar-refractivity contribution in [2.24, 2.45) is 4.99 Å². The second kappa shape index (κ2) is 17.4. The van der Waals surface area contributed by atoms with Crippen molar-refractivity contribution in [1.29, 1.82) is 0 Å². The molecule has 0 saturated carbocycles. The minimum Gasteiger partial charge on any atom is -0.390 e. The minimum absolute atomic E-state index is 0.0217. The first-order valence-corrected chi connectivity index (χ1v) is 10.2. The highest BCUT2D eigenvalue weighted by Crippen LogP contribution is 2.17. The van der Waals surface area contributed by atoms with Crippen LogP contribution in [0.2, 0.25) is 0 Å². The van der Waals surface area contributed by atoms with E-state index in [1.807, 2.05) is 25.5 Å². The maximum absolute atomic E-state index is 12.7. The normalized spacial score (nSPS) is 14.2. The predicted octanol–water partition coefficient (Wildman–Crippen LogP) is 5.28. The van der Waals surface area contributed by atoms with Gasteiger partial charge in [-0.1, -0.05) is 56.3 Å². The second-order valence-corrected chi connectivity index (χ2v) is 6.82. The summed E-state index contributed by atoms with van der Waals surface area (Å²) in [6, 6.07) is 0.0217. The van der Waals surface area contributed by atoms with E-state index in [0.29, 0.717) is 29.5 Å². The fraction of sp³-hybridized carbons (Fsp3) is 0.500. The monoisotopic (exact) mass is 410 g/mol. The summed E-state index contributed by atoms with van der Waals surface area (Å²) in [4.78, 5) is 4.46. The number of nitrogens with zero attached hydrogens (tertiary/aromatic N) is 2. The maximum Gasteiger partial charge on any atom is 0.0532 e. The number of rotatable bonds is 16. The van der Waals surface area contributed by atoms with Crippen LogP contribution in [-0.4, -0.2) is 44.6 Å². The third-order valence-electron chi connectivity index (χ3n) is 3.89. The number of hydrogen-bond donors (Lipinski definition) is 2. The predicted molar refractivity (Wildman–Crippen MR) is 122 cm³/mol. The Morgan fingerprint density at radius 3 is 2.68 bits per heavy atom. The molecule has 0 aromatic heterocycles. The fourth-order valence-electron chi connectivity index (χ4n) is 2.41. The zero-order valence-electron chi connectivity index (χ0n) is 17.6. The molecule has 0 saturated heterocycles. The van der Waals surface area contributed by atoms with Gasteiger partial charge in [0.2, 0.25) is 0 Å². The summed E-state index contributed by atoms with van der Waals surface area (Å²) in [6.07, 6.45) is 15.9. The molecule has 0 aliphatic rings. The van der Waals surface area contributed by atoms with Crippen molar-refractivity contribution in [2.45, 2.75) is 45.1 Å². The van der Waals surface area contributed by atoms with Crippen LogP contribution in [-0.2, 0) is 0 Å². The average molecular weight is 411 g/mol. The second-order valence-electron chi connectivity index (χ2n) is 6.37. The fourth-order valence-corrected chi connectivity index (χ4v) is 2.58. The van der Waals surface area contributed by atoms with Crippen molar-refractivity contribution >= 4 is 17.8 Å². The Bertz CT molecular complexity index is 565. The number of unbranched alkanes of at least 4 members (excludes halogenated alkanes) is 1. The first-order chi connectivity index (χ1) is 13.5. The molecule has 0 heterocycles. The van der Waals surface area contributed by atoms with E-state index in [9.17, 15) is 4.48 Å². The quantitative estimate of drug-likeness (QED) is 0.119. The highest BCUT2D eigenvalue weighted by atomic mass is 35.5. The van der Waals surface area contributed by atoms with Crippen LogP contribution in [0.25, 0.3) is 0 Å². The van der Waals surface area contributed by atoms with Gasteiger partial charge in [0.1, 0.15) is 0 Å². The standard InChI is InChI=1S/C22H36ClFN4/c1-6-8-9-14-22(25-4)21(19(3)23)18-26-15-11-16-27-20(12-7-2)13-10-17-28(5)24/h7,9,12,14,16,18,22,25-26H,2-3,6,8,10-11,13,15,17H2,1,4-5H3/b14-9-,20-12-,21-18-,27-16-. The van der Waals surface area contributed by atoms with Gasteiger partial charge in [-0.05, 0) is 38.8 Å². The first kappa shape index (κ1) is 26.3. The van der Waals surface area contributed by atoms with Gasteiger partial charge in [-0.2, -0.15) is 0 Å². The van der Waals surface area contributed by atoms with Gasteiger partial charge in [0.25, 0.3) is 0 Å². The Morgan fingerprint density at radius 1 is 1.36 bits per heavy atom. The van der Waals surface area contributed by atoms with E-state index >= 15 is 0 Å². The Morgan fingerprint density at radius 2 is 2.11 bits per heavy atom. The molecule has 0 rings (SSSR count). The lowest BCUT2D eigenvalue weighted by atomic mass is 10.1. The highest BCUT2D eigenvalue weighted by molar-refractivity contribution is 6.31. The van der Waals surface area contributed by atoms with Gasteiger partial charge in [0.05, 0.1) is 6.04 Å². The Hall–Kier alpha value is -1.69. The van der Waals surface area contributed by atoms with Gasteiger partial charge >= 0.3 is 0 Å². The van der Waals surface area contributed by atoms with Crippen LogP contribution in [0.1, 0.15) is 39.0 Å². The molecule has 0 aromatic rings. The molecule has 158 valence electrons. The first-order valence-electron chi connectivity index (χ1n) is 9.79. The number of nitrogens with one attached hydrogen (secondary N) is 2. The molecule has 0 bridgehead atoms. The summed E-state index contributed by atoms with van der Waals surface area (Å²) in [7, 11) is 3.32. The van der Waals surface area contributed by atoms with Crippen LogP contribution in [0, 0.1) is 0 Å². The largest absolute Gasteiger partial charge is 0.390 e. The minimum atomic E-state index is 0.0217. The smallest absolute Gasteiger partial charge is 0.0532 e. The third-order valence-corrected chi connectivity index (χ3v) is 4.10. The molecule has 0 aromatic carbocycles. The van der Waals surface area contributed by atoms with E-state index in [1.165, 1.54) is 7.05 Å². The molecule has 4 nitrogen and oxygen atoms in total. The van der Waals surface area contributed by atoms with Crippen molar-refractivity contribution in [3.8, 4) is 0 Å². The van der Waals surface area contributed by atoms with Crippen LogP contribution < -0.4 is 10.6 Å². The van der Waals surface area contributed by atoms with E-state index < -0.39 is 0 Å². The number of likely N-dealkylation sites (N-methyl/N-ethyl adjacent to an activating group) is 1. The molecule has 0 aliphatic carbocycles. The van der Waals surface area contributed by atoms with Crippen molar-refractivity contribution in [1.82, 2.24) is 15.8 Å². The lowest BCUT2D eigenvalue weighted by Crippen LogP contribution is -2.26. The third kappa shape index (κ3) is 13.5. The Balaban J connectivity index is 4.59. The summed E-state index contributed by atoms with van der Waals surface area (Å²) in [6.45, 7) is 10.8. The molecule has 0 amide bonds. The molecule has 2 N–H and O–H groups in total. The van der Waals surface area contributed by atoms with Gasteiger partial charge < -0.3 is 10.6 Å². The van der Waals surface area contributed by atoms with Crippen LogP contribution >= 0.6 is 11.6 Å². The van der Waals surface area contributed by atoms with Crippen molar-refractivity contribution in [2.75, 3.05) is 27.2 Å². The van der Waals surface area contributed by atoms with E-state index in [4.69, 9.17) is 11.6 Å². The van der Waals surface area contributed by atoms with E-state index in [-0.39, 0.29) is 6.04 Å². The lowest BCUT2D eigenvalue weighted by molar-refractivity contribution is 0.0589. The average Bonchev–Trinajstić information content (AvgIpc) is 2.64. The topological polar surface area (TPSA) is 39.7 Å². The number of allylic oxidation sites excluding steroid dienone is 4. The summed E-state index contributed by atoms with van der Waals surface area (Å²) in [5, 5.41) is 7.70. The van der Waals surface area contributed by atoms with Crippen LogP contribution in [0.15, 0.2) is 65.0 Å². The van der Waals surface area contributed by atoms with Crippen molar-refractivity contribution in [3.05, 3.63) is 60.0 Å². The molecular weight excluding hydrogens is 375 g/mol. The van der Waals surface area contributed by atoms with Crippen molar-refractivity contribution < 1.29 is 4.48 Å². The molecule has 0 spiro atoms. The summed E-state index contributed by atoms with van der Waals surface area (Å²) in [5.41, 5.74) is 1.81. The van der Waals surface area contributed by atoms with Gasteiger partial charge in [0.15, 0.2) is 0 Å². The van der Waals surface area contributed by atoms with E-state index in [0.717, 1.165) is 37.1 Å². The summed E-state index contributed by atoms with van der Waals surface area (Å²) in [5.74, 6) is 0. The number of aliphatic imine (C=N–C) groups is 1. The number of halogens is 2. The molecule has 0 aliphatic heterocycles. The molecule has 6 heteroatoms. The van der Waals surface area contributed by atoms with E-state index in [1.54, 1.807) is 6.08 Å². The van der Waals surface area contributed by atoms with Crippen LogP contribution in [0.4, 0.5) is 4.48 Å². The zero-order chi connectivity index (χ0) is 21.2. The molecule has 0 fully saturated rings. The highest BCUT2D eigenvalue weighted by Gasteiger charge is 2.10. The van der Waals surface area contributed by atoms with Crippen molar-refractivity contribution in [3.63, 3.8) is 0 Å². The molecule has 1 unspecified atom stereocenters. The zero-order valence-corrected chi connectivity index (χ0v) is 18.3. The van der Waals surface area contributed by atoms with Gasteiger partial charge in [0, 0.05) is 48.9 Å². The SMILES string of the molecule is C=C/C=C(CCCN(C)F)\N=C/CCN/C=C(/C(=C)Cl)C(/C=C\CCC)NC. The van der Waals surface area contributed by atoms with Crippen LogP contribution in [0.3, 0.4) is 0 Å². The van der Waals surface area contributed by atoms with Gasteiger partial charge in [-0.15, -0.1) is 9.60 Å². The summed E-state index contributed by atoms with van der Waals surface area (Å²) >= 11 is 6.17.